The average Bonchev–Trinajstić information content (AvgIpc) is 3.46. The molecule has 0 aromatic carbocycles. The second-order valence-corrected chi connectivity index (χ2v) is 13.2. The van der Waals surface area contributed by atoms with E-state index < -0.39 is 0 Å². The predicted octanol–water partition coefficient (Wildman–Crippen LogP) is 4.21. The SMILES string of the molecule is O=C(NCC12CC3CC(CC(C3)C1)C2)c1ccc(N2CCN(C(=O)c3cc(-c4cncc(O)c4)cs3)CC2)nn1. The van der Waals surface area contributed by atoms with Gasteiger partial charge in [0.05, 0.1) is 11.1 Å². The molecule has 1 saturated heterocycles. The van der Waals surface area contributed by atoms with Crippen LogP contribution in [0.4, 0.5) is 5.82 Å². The maximum Gasteiger partial charge on any atom is 0.271 e. The fourth-order valence-electron chi connectivity index (χ4n) is 7.96. The zero-order valence-corrected chi connectivity index (χ0v) is 23.3. The predicted molar refractivity (Wildman–Crippen MR) is 152 cm³/mol. The Bertz CT molecular complexity index is 1380. The molecule has 4 bridgehead atoms. The van der Waals surface area contributed by atoms with E-state index in [0.717, 1.165) is 41.2 Å². The summed E-state index contributed by atoms with van der Waals surface area (Å²) in [5.74, 6) is 3.28. The summed E-state index contributed by atoms with van der Waals surface area (Å²) >= 11 is 1.40. The zero-order valence-electron chi connectivity index (χ0n) is 22.5. The van der Waals surface area contributed by atoms with Crippen LogP contribution in [0.1, 0.15) is 58.7 Å². The van der Waals surface area contributed by atoms with Crippen LogP contribution in [0, 0.1) is 23.2 Å². The van der Waals surface area contributed by atoms with Crippen molar-refractivity contribution < 1.29 is 14.7 Å². The van der Waals surface area contributed by atoms with E-state index in [1.54, 1.807) is 18.3 Å². The van der Waals surface area contributed by atoms with Gasteiger partial charge in [-0.1, -0.05) is 0 Å². The van der Waals surface area contributed by atoms with Gasteiger partial charge in [-0.25, -0.2) is 0 Å². The van der Waals surface area contributed by atoms with Crippen molar-refractivity contribution in [1.82, 2.24) is 25.4 Å². The van der Waals surface area contributed by atoms with E-state index in [9.17, 15) is 14.7 Å². The Labute approximate surface area is 237 Å². The molecule has 40 heavy (non-hydrogen) atoms. The minimum absolute atomic E-state index is 0.00105. The zero-order chi connectivity index (χ0) is 27.3. The lowest BCUT2D eigenvalue weighted by atomic mass is 9.49. The molecule has 10 heteroatoms. The number of carbonyl (C=O) groups is 2. The van der Waals surface area contributed by atoms with E-state index in [2.05, 4.69) is 25.4 Å². The second-order valence-electron chi connectivity index (χ2n) is 12.3. The highest BCUT2D eigenvalue weighted by Crippen LogP contribution is 2.59. The summed E-state index contributed by atoms with van der Waals surface area (Å²) in [5, 5.41) is 23.4. The van der Waals surface area contributed by atoms with Gasteiger partial charge in [0.1, 0.15) is 5.75 Å². The summed E-state index contributed by atoms with van der Waals surface area (Å²) in [4.78, 5) is 34.7. The molecular weight excluding hydrogens is 524 g/mol. The van der Waals surface area contributed by atoms with Crippen LogP contribution < -0.4 is 10.2 Å². The van der Waals surface area contributed by atoms with Gasteiger partial charge in [0, 0.05) is 44.5 Å². The van der Waals surface area contributed by atoms with Crippen LogP contribution in [0.5, 0.6) is 5.75 Å². The molecule has 8 rings (SSSR count). The van der Waals surface area contributed by atoms with Crippen LogP contribution in [-0.2, 0) is 0 Å². The molecule has 4 heterocycles. The monoisotopic (exact) mass is 558 g/mol. The van der Waals surface area contributed by atoms with Gasteiger partial charge in [0.2, 0.25) is 0 Å². The summed E-state index contributed by atoms with van der Waals surface area (Å²) in [6.07, 6.45) is 11.1. The maximum atomic E-state index is 13.1. The number of thiophene rings is 1. The number of amides is 2. The summed E-state index contributed by atoms with van der Waals surface area (Å²) in [6.45, 7) is 3.20. The first-order chi connectivity index (χ1) is 19.4. The molecule has 0 radical (unpaired) electrons. The van der Waals surface area contributed by atoms with Crippen LogP contribution in [0.2, 0.25) is 0 Å². The Morgan fingerprint density at radius 1 is 0.950 bits per heavy atom. The molecule has 1 aliphatic heterocycles. The quantitative estimate of drug-likeness (QED) is 0.466. The molecule has 3 aromatic rings. The Morgan fingerprint density at radius 2 is 1.68 bits per heavy atom. The van der Waals surface area contributed by atoms with Crippen LogP contribution in [-0.4, -0.2) is 69.7 Å². The molecule has 208 valence electrons. The number of aromatic hydroxyl groups is 1. The fraction of sp³-hybridized carbons (Fsp3) is 0.500. The summed E-state index contributed by atoms with van der Waals surface area (Å²) in [7, 11) is 0. The van der Waals surface area contributed by atoms with Gasteiger partial charge in [0.25, 0.3) is 11.8 Å². The Morgan fingerprint density at radius 3 is 2.33 bits per heavy atom. The lowest BCUT2D eigenvalue weighted by Gasteiger charge is -2.56. The highest BCUT2D eigenvalue weighted by atomic mass is 32.1. The van der Waals surface area contributed by atoms with Gasteiger partial charge in [-0.15, -0.1) is 21.5 Å². The van der Waals surface area contributed by atoms with Gasteiger partial charge in [-0.2, -0.15) is 0 Å². The lowest BCUT2D eigenvalue weighted by molar-refractivity contribution is -0.0503. The Balaban J connectivity index is 0.920. The van der Waals surface area contributed by atoms with E-state index >= 15 is 0 Å². The first-order valence-electron chi connectivity index (χ1n) is 14.3. The van der Waals surface area contributed by atoms with Crippen molar-refractivity contribution in [2.75, 3.05) is 37.6 Å². The first kappa shape index (κ1) is 25.4. The summed E-state index contributed by atoms with van der Waals surface area (Å²) in [6, 6.07) is 7.12. The highest BCUT2D eigenvalue weighted by Gasteiger charge is 2.50. The number of hydrogen-bond donors (Lipinski definition) is 2. The van der Waals surface area contributed by atoms with Crippen LogP contribution in [0.15, 0.2) is 42.0 Å². The average molecular weight is 559 g/mol. The number of hydrogen-bond acceptors (Lipinski definition) is 8. The Kier molecular flexibility index (Phi) is 6.45. The van der Waals surface area contributed by atoms with Crippen molar-refractivity contribution in [3.8, 4) is 16.9 Å². The smallest absolute Gasteiger partial charge is 0.271 e. The first-order valence-corrected chi connectivity index (χ1v) is 15.2. The van der Waals surface area contributed by atoms with Gasteiger partial charge in [-0.05, 0) is 96.9 Å². The minimum Gasteiger partial charge on any atom is -0.506 e. The molecule has 5 fully saturated rings. The number of nitrogens with zero attached hydrogens (tertiary/aromatic N) is 5. The molecule has 4 aliphatic carbocycles. The molecule has 2 amide bonds. The maximum absolute atomic E-state index is 13.1. The molecule has 9 nitrogen and oxygen atoms in total. The summed E-state index contributed by atoms with van der Waals surface area (Å²) in [5.41, 5.74) is 2.30. The molecule has 0 unspecified atom stereocenters. The number of aromatic nitrogens is 3. The van der Waals surface area contributed by atoms with Crippen LogP contribution >= 0.6 is 11.3 Å². The normalized spacial score (nSPS) is 27.1. The third-order valence-electron chi connectivity index (χ3n) is 9.43. The molecule has 4 saturated carbocycles. The lowest BCUT2D eigenvalue weighted by Crippen LogP contribution is -2.51. The number of anilines is 1. The van der Waals surface area contributed by atoms with Crippen molar-refractivity contribution in [1.29, 1.82) is 0 Å². The van der Waals surface area contributed by atoms with E-state index in [1.165, 1.54) is 56.1 Å². The molecule has 3 aromatic heterocycles. The van der Waals surface area contributed by atoms with E-state index in [0.29, 0.717) is 42.2 Å². The van der Waals surface area contributed by atoms with E-state index in [-0.39, 0.29) is 17.6 Å². The largest absolute Gasteiger partial charge is 0.506 e. The van der Waals surface area contributed by atoms with Gasteiger partial charge < -0.3 is 20.2 Å². The third-order valence-corrected chi connectivity index (χ3v) is 10.3. The highest BCUT2D eigenvalue weighted by molar-refractivity contribution is 7.12. The number of carbonyl (C=O) groups excluding carboxylic acids is 2. The van der Waals surface area contributed by atoms with Gasteiger partial charge in [0.15, 0.2) is 11.5 Å². The fourth-order valence-corrected chi connectivity index (χ4v) is 8.84. The van der Waals surface area contributed by atoms with Crippen LogP contribution in [0.25, 0.3) is 11.1 Å². The second kappa shape index (κ2) is 10.1. The summed E-state index contributed by atoms with van der Waals surface area (Å²) < 4.78 is 0. The molecule has 5 aliphatic rings. The number of rotatable bonds is 6. The van der Waals surface area contributed by atoms with Crippen molar-refractivity contribution in [2.45, 2.75) is 38.5 Å². The van der Waals surface area contributed by atoms with Crippen molar-refractivity contribution in [3.63, 3.8) is 0 Å². The molecular formula is C30H34N6O3S. The minimum atomic E-state index is -0.137. The van der Waals surface area contributed by atoms with E-state index in [4.69, 9.17) is 0 Å². The van der Waals surface area contributed by atoms with Crippen molar-refractivity contribution in [2.24, 2.45) is 23.2 Å². The number of pyridine rings is 1. The number of piperazine rings is 1. The molecule has 0 atom stereocenters. The van der Waals surface area contributed by atoms with Gasteiger partial charge >= 0.3 is 0 Å². The Hall–Kier alpha value is -3.53. The number of nitrogens with one attached hydrogen (secondary N) is 1. The van der Waals surface area contributed by atoms with Crippen molar-refractivity contribution in [3.05, 3.63) is 52.6 Å². The van der Waals surface area contributed by atoms with Crippen molar-refractivity contribution >= 4 is 29.0 Å². The van der Waals surface area contributed by atoms with Crippen LogP contribution in [0.3, 0.4) is 0 Å². The molecule has 2 N–H and O–H groups in total. The standard InChI is InChI=1S/C30H34N6O3S/c37-24-10-22(15-31-16-24)23-11-26(40-17-23)29(39)36-5-3-35(4-6-36)27-2-1-25(33-34-27)28(38)32-18-30-12-19-7-20(13-30)9-21(8-19)14-30/h1-2,10-11,15-17,19-21,37H,3-9,12-14,18H2,(H,32,38). The van der Waals surface area contributed by atoms with E-state index in [1.807, 2.05) is 22.4 Å². The van der Waals surface area contributed by atoms with Gasteiger partial charge in [-0.3, -0.25) is 14.6 Å². The topological polar surface area (TPSA) is 112 Å². The third kappa shape index (κ3) is 4.93. The molecule has 0 spiro atoms.